The number of furan rings is 1. The lowest BCUT2D eigenvalue weighted by molar-refractivity contribution is -0.139. The first-order chi connectivity index (χ1) is 9.93. The van der Waals surface area contributed by atoms with Gasteiger partial charge in [-0.15, -0.1) is 6.58 Å². The van der Waals surface area contributed by atoms with E-state index in [1.807, 2.05) is 12.1 Å². The van der Waals surface area contributed by atoms with Crippen molar-refractivity contribution < 1.29 is 19.1 Å². The SMILES string of the molecule is C=CCC(NC(=O)c1oc2ccc(Br)cc2c1C)C(=O)O. The van der Waals surface area contributed by atoms with Crippen molar-refractivity contribution in [3.63, 3.8) is 0 Å². The number of hydrogen-bond acceptors (Lipinski definition) is 3. The molecule has 2 aromatic rings. The molecule has 5 nitrogen and oxygen atoms in total. The van der Waals surface area contributed by atoms with Crippen molar-refractivity contribution in [3.05, 3.63) is 46.7 Å². The van der Waals surface area contributed by atoms with Crippen LogP contribution in [-0.4, -0.2) is 23.0 Å². The van der Waals surface area contributed by atoms with Gasteiger partial charge in [0.2, 0.25) is 0 Å². The number of carboxylic acids is 1. The lowest BCUT2D eigenvalue weighted by Gasteiger charge is -2.11. The molecule has 1 heterocycles. The van der Waals surface area contributed by atoms with Gasteiger partial charge < -0.3 is 14.8 Å². The normalized spacial score (nSPS) is 12.1. The fourth-order valence-electron chi connectivity index (χ4n) is 2.02. The predicted molar refractivity (Wildman–Crippen MR) is 82.4 cm³/mol. The molecular formula is C15H14BrNO4. The molecule has 0 fully saturated rings. The number of halogens is 1. The number of amides is 1. The summed E-state index contributed by atoms with van der Waals surface area (Å²) in [6, 6.07) is 4.39. The smallest absolute Gasteiger partial charge is 0.326 e. The van der Waals surface area contributed by atoms with Crippen molar-refractivity contribution in [3.8, 4) is 0 Å². The second kappa shape index (κ2) is 6.13. The Morgan fingerprint density at radius 1 is 1.52 bits per heavy atom. The monoisotopic (exact) mass is 351 g/mol. The fourth-order valence-corrected chi connectivity index (χ4v) is 2.38. The summed E-state index contributed by atoms with van der Waals surface area (Å²) in [5.74, 6) is -1.53. The molecule has 1 amide bonds. The Morgan fingerprint density at radius 2 is 2.24 bits per heavy atom. The highest BCUT2D eigenvalue weighted by molar-refractivity contribution is 9.10. The second-order valence-electron chi connectivity index (χ2n) is 4.59. The number of aliphatic carboxylic acids is 1. The summed E-state index contributed by atoms with van der Waals surface area (Å²) >= 11 is 3.36. The lowest BCUT2D eigenvalue weighted by atomic mass is 10.1. The molecule has 2 N–H and O–H groups in total. The maximum atomic E-state index is 12.2. The zero-order valence-corrected chi connectivity index (χ0v) is 12.9. The summed E-state index contributed by atoms with van der Waals surface area (Å²) in [5.41, 5.74) is 1.25. The Bertz CT molecular complexity index is 720. The maximum absolute atomic E-state index is 12.2. The van der Waals surface area contributed by atoms with Gasteiger partial charge in [0.1, 0.15) is 11.6 Å². The Labute approximate surface area is 129 Å². The summed E-state index contributed by atoms with van der Waals surface area (Å²) in [7, 11) is 0. The van der Waals surface area contributed by atoms with E-state index < -0.39 is 17.9 Å². The zero-order chi connectivity index (χ0) is 15.6. The number of carboxylic acid groups (broad SMARTS) is 1. The molecule has 2 rings (SSSR count). The van der Waals surface area contributed by atoms with Crippen LogP contribution in [0.25, 0.3) is 11.0 Å². The van der Waals surface area contributed by atoms with Gasteiger partial charge in [-0.25, -0.2) is 4.79 Å². The summed E-state index contributed by atoms with van der Waals surface area (Å²) in [5, 5.41) is 12.3. The molecule has 0 saturated carbocycles. The molecule has 0 bridgehead atoms. The first kappa shape index (κ1) is 15.3. The van der Waals surface area contributed by atoms with E-state index in [4.69, 9.17) is 9.52 Å². The van der Waals surface area contributed by atoms with E-state index in [1.165, 1.54) is 6.08 Å². The predicted octanol–water partition coefficient (Wildman–Crippen LogP) is 3.26. The third-order valence-electron chi connectivity index (χ3n) is 3.11. The largest absolute Gasteiger partial charge is 0.480 e. The van der Waals surface area contributed by atoms with Gasteiger partial charge >= 0.3 is 5.97 Å². The number of rotatable bonds is 5. The van der Waals surface area contributed by atoms with E-state index >= 15 is 0 Å². The third kappa shape index (κ3) is 3.16. The molecule has 0 radical (unpaired) electrons. The summed E-state index contributed by atoms with van der Waals surface area (Å²) in [4.78, 5) is 23.3. The molecule has 1 aromatic carbocycles. The van der Waals surface area contributed by atoms with Crippen LogP contribution in [0.5, 0.6) is 0 Å². The van der Waals surface area contributed by atoms with E-state index in [-0.39, 0.29) is 12.2 Å². The molecule has 6 heteroatoms. The molecule has 0 aliphatic rings. The van der Waals surface area contributed by atoms with Crippen LogP contribution in [0.2, 0.25) is 0 Å². The second-order valence-corrected chi connectivity index (χ2v) is 5.50. The minimum absolute atomic E-state index is 0.124. The van der Waals surface area contributed by atoms with Gasteiger partial charge in [-0.1, -0.05) is 22.0 Å². The number of nitrogens with one attached hydrogen (secondary N) is 1. The minimum atomic E-state index is -1.11. The lowest BCUT2D eigenvalue weighted by Crippen LogP contribution is -2.40. The molecule has 21 heavy (non-hydrogen) atoms. The van der Waals surface area contributed by atoms with Crippen LogP contribution < -0.4 is 5.32 Å². The van der Waals surface area contributed by atoms with Crippen molar-refractivity contribution in [2.75, 3.05) is 0 Å². The molecule has 0 spiro atoms. The molecule has 0 aliphatic heterocycles. The van der Waals surface area contributed by atoms with Gasteiger partial charge in [-0.05, 0) is 31.5 Å². The zero-order valence-electron chi connectivity index (χ0n) is 11.4. The van der Waals surface area contributed by atoms with Crippen LogP contribution in [0, 0.1) is 6.92 Å². The van der Waals surface area contributed by atoms with Gasteiger partial charge in [0.05, 0.1) is 0 Å². The van der Waals surface area contributed by atoms with Crippen molar-refractivity contribution in [2.24, 2.45) is 0 Å². The van der Waals surface area contributed by atoms with Crippen LogP contribution in [0.4, 0.5) is 0 Å². The maximum Gasteiger partial charge on any atom is 0.326 e. The molecule has 1 aromatic heterocycles. The number of aryl methyl sites for hydroxylation is 1. The third-order valence-corrected chi connectivity index (χ3v) is 3.60. The number of hydrogen-bond donors (Lipinski definition) is 2. The van der Waals surface area contributed by atoms with E-state index in [1.54, 1.807) is 13.0 Å². The quantitative estimate of drug-likeness (QED) is 0.810. The van der Waals surface area contributed by atoms with Crippen LogP contribution in [0.1, 0.15) is 22.5 Å². The molecule has 1 atom stereocenters. The highest BCUT2D eigenvalue weighted by atomic mass is 79.9. The highest BCUT2D eigenvalue weighted by Crippen LogP contribution is 2.28. The standard InChI is InChI=1S/C15H14BrNO4/c1-3-4-11(15(19)20)17-14(18)13-8(2)10-7-9(16)5-6-12(10)21-13/h3,5-7,11H,1,4H2,2H3,(H,17,18)(H,19,20). The molecular weight excluding hydrogens is 338 g/mol. The molecule has 0 saturated heterocycles. The average molecular weight is 352 g/mol. The Hall–Kier alpha value is -2.08. The fraction of sp³-hybridized carbons (Fsp3) is 0.200. The van der Waals surface area contributed by atoms with Crippen LogP contribution in [-0.2, 0) is 4.79 Å². The Morgan fingerprint density at radius 3 is 2.86 bits per heavy atom. The van der Waals surface area contributed by atoms with E-state index in [0.717, 1.165) is 9.86 Å². The Kier molecular flexibility index (Phi) is 4.47. The van der Waals surface area contributed by atoms with Gasteiger partial charge in [-0.3, -0.25) is 4.79 Å². The van der Waals surface area contributed by atoms with Gasteiger partial charge in [0, 0.05) is 15.4 Å². The molecule has 1 unspecified atom stereocenters. The number of fused-ring (bicyclic) bond motifs is 1. The average Bonchev–Trinajstić information content (AvgIpc) is 2.75. The number of carbonyl (C=O) groups excluding carboxylic acids is 1. The van der Waals surface area contributed by atoms with Gasteiger partial charge in [-0.2, -0.15) is 0 Å². The summed E-state index contributed by atoms with van der Waals surface area (Å²) in [6.07, 6.45) is 1.59. The van der Waals surface area contributed by atoms with Crippen LogP contribution in [0.3, 0.4) is 0 Å². The van der Waals surface area contributed by atoms with Crippen molar-refractivity contribution >= 4 is 38.8 Å². The van der Waals surface area contributed by atoms with Gasteiger partial charge in [0.25, 0.3) is 5.91 Å². The highest BCUT2D eigenvalue weighted by Gasteiger charge is 2.23. The van der Waals surface area contributed by atoms with Crippen molar-refractivity contribution in [1.82, 2.24) is 5.32 Å². The minimum Gasteiger partial charge on any atom is -0.480 e. The van der Waals surface area contributed by atoms with E-state index in [9.17, 15) is 9.59 Å². The molecule has 110 valence electrons. The van der Waals surface area contributed by atoms with Crippen LogP contribution >= 0.6 is 15.9 Å². The van der Waals surface area contributed by atoms with Crippen molar-refractivity contribution in [1.29, 1.82) is 0 Å². The topological polar surface area (TPSA) is 79.5 Å². The number of benzene rings is 1. The summed E-state index contributed by atoms with van der Waals surface area (Å²) in [6.45, 7) is 5.24. The first-order valence-electron chi connectivity index (χ1n) is 6.27. The van der Waals surface area contributed by atoms with E-state index in [0.29, 0.717) is 11.1 Å². The number of carbonyl (C=O) groups is 2. The first-order valence-corrected chi connectivity index (χ1v) is 7.06. The molecule has 0 aliphatic carbocycles. The van der Waals surface area contributed by atoms with Gasteiger partial charge in [0.15, 0.2) is 5.76 Å². The Balaban J connectivity index is 2.33. The van der Waals surface area contributed by atoms with E-state index in [2.05, 4.69) is 27.8 Å². The van der Waals surface area contributed by atoms with Crippen LogP contribution in [0.15, 0.2) is 39.7 Å². The summed E-state index contributed by atoms with van der Waals surface area (Å²) < 4.78 is 6.40. The van der Waals surface area contributed by atoms with Crippen molar-refractivity contribution in [2.45, 2.75) is 19.4 Å².